The number of nitrogens with one attached hydrogen (secondary N) is 1. The van der Waals surface area contributed by atoms with Gasteiger partial charge in [0.1, 0.15) is 5.39 Å². The van der Waals surface area contributed by atoms with Gasteiger partial charge in [0.15, 0.2) is 5.65 Å². The zero-order valence-electron chi connectivity index (χ0n) is 16.5. The van der Waals surface area contributed by atoms with E-state index in [1.54, 1.807) is 13.2 Å². The third-order valence-corrected chi connectivity index (χ3v) is 5.10. The maximum atomic E-state index is 13.1. The molecule has 1 amide bonds. The van der Waals surface area contributed by atoms with Gasteiger partial charge in [-0.15, -0.1) is 0 Å². The maximum absolute atomic E-state index is 13.1. The molecule has 0 aliphatic heterocycles. The summed E-state index contributed by atoms with van der Waals surface area (Å²) in [5.74, 6) is -0.530. The SMILES string of the molecule is CCc1cnc2c(c1NC(=O)C(CC)c1ccccc1)c(=O)n(C)c(=O)n2C. The van der Waals surface area contributed by atoms with Gasteiger partial charge in [-0.05, 0) is 24.0 Å². The number of nitrogens with zero attached hydrogens (tertiary/aromatic N) is 3. The van der Waals surface area contributed by atoms with Crippen LogP contribution in [0.2, 0.25) is 0 Å². The van der Waals surface area contributed by atoms with Gasteiger partial charge in [0.2, 0.25) is 5.91 Å². The Balaban J connectivity index is 2.18. The molecule has 3 rings (SSSR count). The largest absolute Gasteiger partial charge is 0.332 e. The van der Waals surface area contributed by atoms with Gasteiger partial charge in [-0.2, -0.15) is 0 Å². The number of rotatable bonds is 5. The summed E-state index contributed by atoms with van der Waals surface area (Å²) in [7, 11) is 2.99. The lowest BCUT2D eigenvalue weighted by Crippen LogP contribution is -2.38. The van der Waals surface area contributed by atoms with E-state index < -0.39 is 11.2 Å². The normalized spacial score (nSPS) is 12.1. The van der Waals surface area contributed by atoms with Gasteiger partial charge in [0.25, 0.3) is 5.56 Å². The van der Waals surface area contributed by atoms with Crippen molar-refractivity contribution in [1.82, 2.24) is 14.1 Å². The van der Waals surface area contributed by atoms with E-state index in [0.717, 1.165) is 15.7 Å². The molecule has 0 aliphatic carbocycles. The molecule has 0 spiro atoms. The zero-order valence-corrected chi connectivity index (χ0v) is 16.5. The molecule has 1 N–H and O–H groups in total. The topological polar surface area (TPSA) is 86.0 Å². The number of hydrogen-bond acceptors (Lipinski definition) is 4. The Morgan fingerprint density at radius 2 is 1.79 bits per heavy atom. The maximum Gasteiger partial charge on any atom is 0.332 e. The molecular formula is C21H24N4O3. The van der Waals surface area contributed by atoms with Crippen molar-refractivity contribution in [3.63, 3.8) is 0 Å². The van der Waals surface area contributed by atoms with Gasteiger partial charge in [0.05, 0.1) is 11.6 Å². The number of anilines is 1. The van der Waals surface area contributed by atoms with Gasteiger partial charge >= 0.3 is 5.69 Å². The smallest absolute Gasteiger partial charge is 0.324 e. The Labute approximate surface area is 162 Å². The summed E-state index contributed by atoms with van der Waals surface area (Å²) in [5.41, 5.74) is 1.43. The first-order valence-corrected chi connectivity index (χ1v) is 9.34. The van der Waals surface area contributed by atoms with Crippen LogP contribution in [0.4, 0.5) is 5.69 Å². The molecule has 0 saturated heterocycles. The van der Waals surface area contributed by atoms with E-state index in [4.69, 9.17) is 0 Å². The predicted molar refractivity (Wildman–Crippen MR) is 110 cm³/mol. The van der Waals surface area contributed by atoms with Crippen LogP contribution >= 0.6 is 0 Å². The molecule has 1 aromatic carbocycles. The molecule has 2 aromatic heterocycles. The van der Waals surface area contributed by atoms with E-state index >= 15 is 0 Å². The number of pyridine rings is 1. The summed E-state index contributed by atoms with van der Waals surface area (Å²) >= 11 is 0. The summed E-state index contributed by atoms with van der Waals surface area (Å²) in [4.78, 5) is 42.5. The number of aromatic nitrogens is 3. The standard InChI is InChI=1S/C21H24N4O3/c1-5-13-12-22-18-16(20(27)25(4)21(28)24(18)3)17(13)23-19(26)15(6-2)14-10-8-7-9-11-14/h7-12,15H,5-6H2,1-4H3,(H,22,23,26). The first kappa shape index (κ1) is 19.5. The lowest BCUT2D eigenvalue weighted by Gasteiger charge is -2.19. The predicted octanol–water partition coefficient (Wildman–Crippen LogP) is 2.33. The van der Waals surface area contributed by atoms with Crippen molar-refractivity contribution < 1.29 is 4.79 Å². The first-order chi connectivity index (χ1) is 13.4. The minimum absolute atomic E-state index is 0.188. The molecule has 0 aliphatic rings. The van der Waals surface area contributed by atoms with Crippen LogP contribution in [0.15, 0.2) is 46.1 Å². The van der Waals surface area contributed by atoms with Crippen LogP contribution in [-0.4, -0.2) is 20.0 Å². The second-order valence-corrected chi connectivity index (χ2v) is 6.78. The van der Waals surface area contributed by atoms with Gasteiger partial charge in [-0.3, -0.25) is 18.7 Å². The van der Waals surface area contributed by atoms with Crippen molar-refractivity contribution in [1.29, 1.82) is 0 Å². The second-order valence-electron chi connectivity index (χ2n) is 6.78. The van der Waals surface area contributed by atoms with Gasteiger partial charge in [-0.25, -0.2) is 9.78 Å². The van der Waals surface area contributed by atoms with Crippen molar-refractivity contribution >= 4 is 22.6 Å². The molecule has 7 heteroatoms. The van der Waals surface area contributed by atoms with Crippen molar-refractivity contribution in [2.45, 2.75) is 32.6 Å². The lowest BCUT2D eigenvalue weighted by molar-refractivity contribution is -0.117. The fraction of sp³-hybridized carbons (Fsp3) is 0.333. The Hall–Kier alpha value is -3.22. The number of fused-ring (bicyclic) bond motifs is 1. The molecule has 1 atom stereocenters. The molecule has 0 radical (unpaired) electrons. The molecule has 0 bridgehead atoms. The third-order valence-electron chi connectivity index (χ3n) is 5.10. The molecule has 0 fully saturated rings. The molecule has 0 saturated carbocycles. The fourth-order valence-corrected chi connectivity index (χ4v) is 3.45. The molecule has 7 nitrogen and oxygen atoms in total. The summed E-state index contributed by atoms with van der Waals surface area (Å²) in [6, 6.07) is 9.54. The van der Waals surface area contributed by atoms with E-state index in [1.165, 1.54) is 11.6 Å². The molecule has 2 heterocycles. The van der Waals surface area contributed by atoms with Crippen LogP contribution in [0.3, 0.4) is 0 Å². The summed E-state index contributed by atoms with van der Waals surface area (Å²) in [6.45, 7) is 3.88. The van der Waals surface area contributed by atoms with Crippen LogP contribution in [0.25, 0.3) is 11.0 Å². The highest BCUT2D eigenvalue weighted by Gasteiger charge is 2.23. The Morgan fingerprint density at radius 3 is 2.39 bits per heavy atom. The van der Waals surface area contributed by atoms with E-state index in [2.05, 4.69) is 10.3 Å². The Kier molecular flexibility index (Phi) is 5.44. The van der Waals surface area contributed by atoms with E-state index in [1.807, 2.05) is 44.2 Å². The monoisotopic (exact) mass is 380 g/mol. The Bertz CT molecular complexity index is 1150. The van der Waals surface area contributed by atoms with Gasteiger partial charge < -0.3 is 5.32 Å². The van der Waals surface area contributed by atoms with E-state index in [0.29, 0.717) is 18.5 Å². The average Bonchev–Trinajstić information content (AvgIpc) is 2.71. The molecule has 1 unspecified atom stereocenters. The number of carbonyl (C=O) groups excluding carboxylic acids is 1. The third kappa shape index (κ3) is 3.24. The number of hydrogen-bond donors (Lipinski definition) is 1. The van der Waals surface area contributed by atoms with E-state index in [-0.39, 0.29) is 22.9 Å². The van der Waals surface area contributed by atoms with Crippen LogP contribution in [-0.2, 0) is 25.3 Å². The number of carbonyl (C=O) groups is 1. The van der Waals surface area contributed by atoms with Crippen LogP contribution in [0.5, 0.6) is 0 Å². The highest BCUT2D eigenvalue weighted by molar-refractivity contribution is 6.03. The average molecular weight is 380 g/mol. The summed E-state index contributed by atoms with van der Waals surface area (Å²) in [5, 5.41) is 3.21. The van der Waals surface area contributed by atoms with Crippen molar-refractivity contribution in [3.8, 4) is 0 Å². The quantitative estimate of drug-likeness (QED) is 0.736. The van der Waals surface area contributed by atoms with Crippen molar-refractivity contribution in [2.75, 3.05) is 5.32 Å². The zero-order chi connectivity index (χ0) is 20.4. The van der Waals surface area contributed by atoms with Crippen LogP contribution in [0.1, 0.15) is 37.3 Å². The van der Waals surface area contributed by atoms with Crippen molar-refractivity contribution in [2.24, 2.45) is 14.1 Å². The lowest BCUT2D eigenvalue weighted by atomic mass is 9.95. The molecule has 28 heavy (non-hydrogen) atoms. The van der Waals surface area contributed by atoms with Crippen LogP contribution in [0, 0.1) is 0 Å². The van der Waals surface area contributed by atoms with Gasteiger partial charge in [0, 0.05) is 20.3 Å². The molecule has 146 valence electrons. The molecular weight excluding hydrogens is 356 g/mol. The number of amides is 1. The number of benzene rings is 1. The van der Waals surface area contributed by atoms with Gasteiger partial charge in [-0.1, -0.05) is 44.2 Å². The summed E-state index contributed by atoms with van der Waals surface area (Å²) in [6.07, 6.45) is 2.82. The first-order valence-electron chi connectivity index (χ1n) is 9.34. The second kappa shape index (κ2) is 7.80. The fourth-order valence-electron chi connectivity index (χ4n) is 3.45. The minimum Gasteiger partial charge on any atom is -0.324 e. The van der Waals surface area contributed by atoms with Crippen LogP contribution < -0.4 is 16.6 Å². The van der Waals surface area contributed by atoms with E-state index in [9.17, 15) is 14.4 Å². The Morgan fingerprint density at radius 1 is 1.11 bits per heavy atom. The highest BCUT2D eigenvalue weighted by Crippen LogP contribution is 2.26. The number of aryl methyl sites for hydroxylation is 2. The summed E-state index contributed by atoms with van der Waals surface area (Å²) < 4.78 is 2.36. The minimum atomic E-state index is -0.469. The molecule has 3 aromatic rings. The van der Waals surface area contributed by atoms with Crippen molar-refractivity contribution in [3.05, 3.63) is 68.5 Å². The highest BCUT2D eigenvalue weighted by atomic mass is 16.2.